The van der Waals surface area contributed by atoms with Crippen molar-refractivity contribution in [2.75, 3.05) is 37.2 Å². The molecular formula is C22H28N2O5S2. The molecule has 0 aromatic heterocycles. The highest BCUT2D eigenvalue weighted by molar-refractivity contribution is 7.92. The normalized spacial score (nSPS) is 18.7. The van der Waals surface area contributed by atoms with Gasteiger partial charge in [-0.2, -0.15) is 4.31 Å². The van der Waals surface area contributed by atoms with Crippen LogP contribution < -0.4 is 4.31 Å². The molecule has 0 radical (unpaired) electrons. The first-order chi connectivity index (χ1) is 14.7. The Kier molecular flexibility index (Phi) is 6.13. The summed E-state index contributed by atoms with van der Waals surface area (Å²) < 4.78 is 60.4. The Hall–Kier alpha value is -1.94. The Morgan fingerprint density at radius 2 is 1.55 bits per heavy atom. The Labute approximate surface area is 184 Å². The van der Waals surface area contributed by atoms with Gasteiger partial charge in [-0.25, -0.2) is 16.8 Å². The van der Waals surface area contributed by atoms with Gasteiger partial charge >= 0.3 is 0 Å². The number of anilines is 1. The van der Waals surface area contributed by atoms with Crippen molar-refractivity contribution in [1.29, 1.82) is 0 Å². The summed E-state index contributed by atoms with van der Waals surface area (Å²) in [5.74, 6) is 0.371. The molecule has 0 N–H and O–H groups in total. The van der Waals surface area contributed by atoms with E-state index in [2.05, 4.69) is 13.8 Å². The number of morpholine rings is 1. The van der Waals surface area contributed by atoms with Gasteiger partial charge in [-0.3, -0.25) is 4.31 Å². The van der Waals surface area contributed by atoms with Crippen LogP contribution in [-0.4, -0.2) is 54.0 Å². The lowest BCUT2D eigenvalue weighted by Crippen LogP contribution is -2.40. The fourth-order valence-corrected chi connectivity index (χ4v) is 6.99. The second kappa shape index (κ2) is 8.54. The quantitative estimate of drug-likeness (QED) is 0.656. The van der Waals surface area contributed by atoms with E-state index in [1.165, 1.54) is 14.7 Å². The molecular weight excluding hydrogens is 436 g/mol. The topological polar surface area (TPSA) is 84.0 Å². The van der Waals surface area contributed by atoms with Gasteiger partial charge in [0.1, 0.15) is 0 Å². The predicted octanol–water partition coefficient (Wildman–Crippen LogP) is 2.97. The lowest BCUT2D eigenvalue weighted by atomic mass is 9.99. The molecule has 0 amide bonds. The SMILES string of the molecule is CC[C@H](C)c1ccc(S(=O)(=O)N2CCc3cc(S(=O)(=O)N4CCOCC4)ccc32)cc1. The van der Waals surface area contributed by atoms with Gasteiger partial charge in [0, 0.05) is 19.6 Å². The van der Waals surface area contributed by atoms with Crippen LogP contribution in [0, 0.1) is 0 Å². The molecule has 2 aromatic rings. The fraction of sp³-hybridized carbons (Fsp3) is 0.455. The predicted molar refractivity (Wildman–Crippen MR) is 119 cm³/mol. The average molecular weight is 465 g/mol. The van der Waals surface area contributed by atoms with Crippen LogP contribution in [-0.2, 0) is 31.2 Å². The summed E-state index contributed by atoms with van der Waals surface area (Å²) in [4.78, 5) is 0.447. The summed E-state index contributed by atoms with van der Waals surface area (Å²) in [5.41, 5.74) is 2.39. The first-order valence-corrected chi connectivity index (χ1v) is 13.5. The third-order valence-electron chi connectivity index (χ3n) is 6.16. The molecule has 4 rings (SSSR count). The van der Waals surface area contributed by atoms with Crippen LogP contribution in [0.2, 0.25) is 0 Å². The molecule has 0 aliphatic carbocycles. The molecule has 2 aromatic carbocycles. The zero-order chi connectivity index (χ0) is 22.2. The molecule has 7 nitrogen and oxygen atoms in total. The number of rotatable bonds is 6. The van der Waals surface area contributed by atoms with E-state index in [1.807, 2.05) is 12.1 Å². The van der Waals surface area contributed by atoms with Crippen molar-refractivity contribution in [2.45, 2.75) is 42.4 Å². The van der Waals surface area contributed by atoms with Gasteiger partial charge in [0.2, 0.25) is 10.0 Å². The highest BCUT2D eigenvalue weighted by Crippen LogP contribution is 2.35. The minimum Gasteiger partial charge on any atom is -0.379 e. The standard InChI is InChI=1S/C22H28N2O5S2/c1-3-17(2)18-4-6-20(7-5-18)31(27,28)24-11-10-19-16-21(8-9-22(19)24)30(25,26)23-12-14-29-15-13-23/h4-9,16-17H,3,10-15H2,1-2H3/t17-/m0/s1. The van der Waals surface area contributed by atoms with Crippen LogP contribution in [0.5, 0.6) is 0 Å². The summed E-state index contributed by atoms with van der Waals surface area (Å²) in [5, 5.41) is 0. The number of fused-ring (bicyclic) bond motifs is 1. The van der Waals surface area contributed by atoms with Crippen LogP contribution in [0.15, 0.2) is 52.3 Å². The number of benzene rings is 2. The molecule has 2 heterocycles. The van der Waals surface area contributed by atoms with E-state index in [0.29, 0.717) is 50.9 Å². The fourth-order valence-electron chi connectivity index (χ4n) is 4.03. The maximum Gasteiger partial charge on any atom is 0.264 e. The van der Waals surface area contributed by atoms with E-state index < -0.39 is 20.0 Å². The molecule has 0 unspecified atom stereocenters. The van der Waals surface area contributed by atoms with Gasteiger partial charge in [0.05, 0.1) is 28.7 Å². The summed E-state index contributed by atoms with van der Waals surface area (Å²) in [6.07, 6.45) is 1.47. The number of hydrogen-bond donors (Lipinski definition) is 0. The van der Waals surface area contributed by atoms with Crippen LogP contribution in [0.25, 0.3) is 0 Å². The maximum atomic E-state index is 13.3. The molecule has 1 saturated heterocycles. The van der Waals surface area contributed by atoms with Crippen LogP contribution in [0.3, 0.4) is 0 Å². The van der Waals surface area contributed by atoms with Gasteiger partial charge in [-0.15, -0.1) is 0 Å². The van der Waals surface area contributed by atoms with Crippen LogP contribution >= 0.6 is 0 Å². The molecule has 168 valence electrons. The summed E-state index contributed by atoms with van der Waals surface area (Å²) in [7, 11) is -7.33. The van der Waals surface area contributed by atoms with Gasteiger partial charge in [0.15, 0.2) is 0 Å². The Morgan fingerprint density at radius 3 is 2.19 bits per heavy atom. The first kappa shape index (κ1) is 22.3. The Morgan fingerprint density at radius 1 is 0.903 bits per heavy atom. The van der Waals surface area contributed by atoms with Gasteiger partial charge < -0.3 is 4.74 Å². The number of ether oxygens (including phenoxy) is 1. The molecule has 2 aliphatic rings. The molecule has 1 fully saturated rings. The van der Waals surface area contributed by atoms with Crippen molar-refractivity contribution in [3.63, 3.8) is 0 Å². The highest BCUT2D eigenvalue weighted by atomic mass is 32.2. The van der Waals surface area contributed by atoms with Crippen molar-refractivity contribution >= 4 is 25.7 Å². The first-order valence-electron chi connectivity index (χ1n) is 10.6. The van der Waals surface area contributed by atoms with Gasteiger partial charge in [-0.05, 0) is 60.2 Å². The van der Waals surface area contributed by atoms with E-state index >= 15 is 0 Å². The number of sulfonamides is 2. The van der Waals surface area contributed by atoms with E-state index in [1.54, 1.807) is 24.3 Å². The third kappa shape index (κ3) is 4.11. The minimum atomic E-state index is -3.71. The van der Waals surface area contributed by atoms with E-state index in [9.17, 15) is 16.8 Å². The van der Waals surface area contributed by atoms with Crippen molar-refractivity contribution < 1.29 is 21.6 Å². The molecule has 9 heteroatoms. The van der Waals surface area contributed by atoms with Crippen molar-refractivity contribution in [3.8, 4) is 0 Å². The summed E-state index contributed by atoms with van der Waals surface area (Å²) in [6.45, 7) is 5.93. The average Bonchev–Trinajstić information content (AvgIpc) is 3.23. The van der Waals surface area contributed by atoms with Crippen LogP contribution in [0.1, 0.15) is 37.3 Å². The Bertz CT molecular complexity index is 1150. The zero-order valence-corrected chi connectivity index (χ0v) is 19.5. The molecule has 0 spiro atoms. The van der Waals surface area contributed by atoms with Crippen molar-refractivity contribution in [1.82, 2.24) is 4.31 Å². The highest BCUT2D eigenvalue weighted by Gasteiger charge is 2.33. The molecule has 2 aliphatic heterocycles. The lowest BCUT2D eigenvalue weighted by Gasteiger charge is -2.26. The third-order valence-corrected chi connectivity index (χ3v) is 9.88. The number of hydrogen-bond acceptors (Lipinski definition) is 5. The summed E-state index contributed by atoms with van der Waals surface area (Å²) >= 11 is 0. The van der Waals surface area contributed by atoms with Crippen molar-refractivity contribution in [2.24, 2.45) is 0 Å². The molecule has 0 bridgehead atoms. The molecule has 1 atom stereocenters. The second-order valence-electron chi connectivity index (χ2n) is 8.01. The van der Waals surface area contributed by atoms with E-state index in [4.69, 9.17) is 4.74 Å². The van der Waals surface area contributed by atoms with E-state index in [0.717, 1.165) is 17.5 Å². The largest absolute Gasteiger partial charge is 0.379 e. The zero-order valence-electron chi connectivity index (χ0n) is 17.8. The monoisotopic (exact) mass is 464 g/mol. The van der Waals surface area contributed by atoms with Gasteiger partial charge in [-0.1, -0.05) is 26.0 Å². The maximum absolute atomic E-state index is 13.3. The molecule has 0 saturated carbocycles. The minimum absolute atomic E-state index is 0.199. The van der Waals surface area contributed by atoms with Gasteiger partial charge in [0.25, 0.3) is 10.0 Å². The number of nitrogens with zero attached hydrogens (tertiary/aromatic N) is 2. The van der Waals surface area contributed by atoms with Crippen LogP contribution in [0.4, 0.5) is 5.69 Å². The second-order valence-corrected chi connectivity index (χ2v) is 11.8. The summed E-state index contributed by atoms with van der Waals surface area (Å²) in [6, 6.07) is 11.8. The Balaban J connectivity index is 1.61. The molecule has 31 heavy (non-hydrogen) atoms. The lowest BCUT2D eigenvalue weighted by molar-refractivity contribution is 0.0730. The van der Waals surface area contributed by atoms with E-state index in [-0.39, 0.29) is 9.79 Å². The smallest absolute Gasteiger partial charge is 0.264 e. The van der Waals surface area contributed by atoms with Crippen molar-refractivity contribution in [3.05, 3.63) is 53.6 Å².